The van der Waals surface area contributed by atoms with Gasteiger partial charge in [0.25, 0.3) is 0 Å². The summed E-state index contributed by atoms with van der Waals surface area (Å²) in [6.07, 6.45) is 11.5. The van der Waals surface area contributed by atoms with E-state index in [0.717, 1.165) is 12.8 Å². The molecule has 3 heteroatoms. The number of hydrogen-bond donors (Lipinski definition) is 1. The molecule has 0 aromatic rings. The molecule has 0 aliphatic heterocycles. The van der Waals surface area contributed by atoms with Gasteiger partial charge in [-0.2, -0.15) is 0 Å². The first-order valence-electron chi connectivity index (χ1n) is 5.99. The standard InChI is InChI=1S/C12H24O2.Ca.2H/c1-2-3-4-5-6-7-8-9-10-11-12(13)14;;;/h2-11H2,1H3,(H,13,14);;;. The third-order valence-electron chi connectivity index (χ3n) is 2.49. The Kier molecular flexibility index (Phi) is 17.8. The Morgan fingerprint density at radius 2 is 1.27 bits per heavy atom. The van der Waals surface area contributed by atoms with Gasteiger partial charge in [0.05, 0.1) is 0 Å². The first-order valence-corrected chi connectivity index (χ1v) is 5.99. The fourth-order valence-corrected chi connectivity index (χ4v) is 1.59. The molecule has 0 aliphatic carbocycles. The van der Waals surface area contributed by atoms with Crippen molar-refractivity contribution in [2.75, 3.05) is 0 Å². The molecule has 0 fully saturated rings. The van der Waals surface area contributed by atoms with E-state index in [2.05, 4.69) is 6.92 Å². The van der Waals surface area contributed by atoms with E-state index < -0.39 is 5.97 Å². The molecule has 0 bridgehead atoms. The molecule has 0 radical (unpaired) electrons. The van der Waals surface area contributed by atoms with E-state index in [9.17, 15) is 4.79 Å². The van der Waals surface area contributed by atoms with Crippen LogP contribution in [0, 0.1) is 0 Å². The maximum absolute atomic E-state index is 10.2. The van der Waals surface area contributed by atoms with Gasteiger partial charge in [-0.25, -0.2) is 0 Å². The zero-order valence-electron chi connectivity index (χ0n) is 9.43. The van der Waals surface area contributed by atoms with Crippen molar-refractivity contribution in [1.82, 2.24) is 0 Å². The number of hydrogen-bond acceptors (Lipinski definition) is 1. The van der Waals surface area contributed by atoms with Crippen LogP contribution in [-0.2, 0) is 4.79 Å². The summed E-state index contributed by atoms with van der Waals surface area (Å²) >= 11 is 0. The summed E-state index contributed by atoms with van der Waals surface area (Å²) in [5.74, 6) is -0.659. The molecule has 0 aromatic carbocycles. The van der Waals surface area contributed by atoms with Gasteiger partial charge in [0, 0.05) is 6.42 Å². The van der Waals surface area contributed by atoms with Crippen molar-refractivity contribution in [2.45, 2.75) is 71.1 Å². The van der Waals surface area contributed by atoms with Gasteiger partial charge in [-0.05, 0) is 6.42 Å². The van der Waals surface area contributed by atoms with Crippen LogP contribution in [0.4, 0.5) is 0 Å². The van der Waals surface area contributed by atoms with Crippen molar-refractivity contribution in [3.63, 3.8) is 0 Å². The Hall–Kier alpha value is 0.730. The molecule has 1 N–H and O–H groups in total. The second kappa shape index (κ2) is 14.7. The zero-order valence-corrected chi connectivity index (χ0v) is 9.43. The van der Waals surface area contributed by atoms with Gasteiger partial charge in [0.15, 0.2) is 0 Å². The van der Waals surface area contributed by atoms with Crippen molar-refractivity contribution >= 4 is 43.7 Å². The van der Waals surface area contributed by atoms with Gasteiger partial charge < -0.3 is 5.11 Å². The monoisotopic (exact) mass is 242 g/mol. The number of carbonyl (C=O) groups is 1. The second-order valence-corrected chi connectivity index (χ2v) is 3.97. The molecule has 0 spiro atoms. The number of carboxylic acids is 1. The average Bonchev–Trinajstić information content (AvgIpc) is 2.15. The van der Waals surface area contributed by atoms with Crippen LogP contribution >= 0.6 is 0 Å². The fourth-order valence-electron chi connectivity index (χ4n) is 1.59. The van der Waals surface area contributed by atoms with Crippen molar-refractivity contribution in [3.8, 4) is 0 Å². The Morgan fingerprint density at radius 3 is 1.67 bits per heavy atom. The van der Waals surface area contributed by atoms with Gasteiger partial charge >= 0.3 is 43.7 Å². The zero-order chi connectivity index (χ0) is 10.6. The molecular formula is C12H26CaO2. The second-order valence-electron chi connectivity index (χ2n) is 3.97. The van der Waals surface area contributed by atoms with Crippen molar-refractivity contribution in [2.24, 2.45) is 0 Å². The van der Waals surface area contributed by atoms with Crippen molar-refractivity contribution in [3.05, 3.63) is 0 Å². The van der Waals surface area contributed by atoms with E-state index in [1.54, 1.807) is 0 Å². The Bertz CT molecular complexity index is 138. The van der Waals surface area contributed by atoms with Crippen LogP contribution in [0.25, 0.3) is 0 Å². The summed E-state index contributed by atoms with van der Waals surface area (Å²) in [5, 5.41) is 8.41. The maximum atomic E-state index is 10.2. The molecule has 0 unspecified atom stereocenters. The predicted molar refractivity (Wildman–Crippen MR) is 68.0 cm³/mol. The predicted octanol–water partition coefficient (Wildman–Crippen LogP) is 3.08. The molecular weight excluding hydrogens is 216 g/mol. The summed E-state index contributed by atoms with van der Waals surface area (Å²) in [5.41, 5.74) is 0. The Labute approximate surface area is 124 Å². The van der Waals surface area contributed by atoms with Crippen molar-refractivity contribution < 1.29 is 9.90 Å². The SMILES string of the molecule is CCCCCCCCCCCC(=O)O.[CaH2]. The number of carboxylic acid groups (broad SMARTS) is 1. The van der Waals surface area contributed by atoms with Crippen molar-refractivity contribution in [1.29, 1.82) is 0 Å². The molecule has 88 valence electrons. The summed E-state index contributed by atoms with van der Waals surface area (Å²) in [6.45, 7) is 2.23. The molecule has 0 amide bonds. The first-order chi connectivity index (χ1) is 6.77. The van der Waals surface area contributed by atoms with E-state index in [0.29, 0.717) is 6.42 Å². The molecule has 15 heavy (non-hydrogen) atoms. The minimum absolute atomic E-state index is 0. The topological polar surface area (TPSA) is 37.3 Å². The van der Waals surface area contributed by atoms with Crippen LogP contribution in [-0.4, -0.2) is 48.8 Å². The van der Waals surface area contributed by atoms with Crippen LogP contribution in [0.5, 0.6) is 0 Å². The normalized spacial score (nSPS) is 9.67. The van der Waals surface area contributed by atoms with Crippen LogP contribution in [0.15, 0.2) is 0 Å². The van der Waals surface area contributed by atoms with Gasteiger partial charge in [-0.1, -0.05) is 58.3 Å². The third kappa shape index (κ3) is 17.3. The molecule has 0 aliphatic rings. The van der Waals surface area contributed by atoms with E-state index in [1.165, 1.54) is 44.9 Å². The van der Waals surface area contributed by atoms with E-state index in [1.807, 2.05) is 0 Å². The van der Waals surface area contributed by atoms with E-state index in [-0.39, 0.29) is 37.7 Å². The van der Waals surface area contributed by atoms with Crippen LogP contribution < -0.4 is 0 Å². The van der Waals surface area contributed by atoms with E-state index >= 15 is 0 Å². The number of aliphatic carboxylic acids is 1. The molecule has 0 rings (SSSR count). The Morgan fingerprint density at radius 1 is 0.867 bits per heavy atom. The molecule has 2 nitrogen and oxygen atoms in total. The quantitative estimate of drug-likeness (QED) is 0.472. The molecule has 0 aromatic heterocycles. The fraction of sp³-hybridized carbons (Fsp3) is 0.917. The van der Waals surface area contributed by atoms with Gasteiger partial charge in [0.2, 0.25) is 0 Å². The average molecular weight is 242 g/mol. The number of rotatable bonds is 10. The summed E-state index contributed by atoms with van der Waals surface area (Å²) in [4.78, 5) is 10.2. The molecule has 0 saturated carbocycles. The minimum atomic E-state index is -0.659. The number of unbranched alkanes of at least 4 members (excludes halogenated alkanes) is 8. The summed E-state index contributed by atoms with van der Waals surface area (Å²) < 4.78 is 0. The van der Waals surface area contributed by atoms with Gasteiger partial charge in [-0.15, -0.1) is 0 Å². The van der Waals surface area contributed by atoms with Gasteiger partial charge in [-0.3, -0.25) is 4.79 Å². The van der Waals surface area contributed by atoms with Crippen LogP contribution in [0.3, 0.4) is 0 Å². The summed E-state index contributed by atoms with van der Waals surface area (Å²) in [7, 11) is 0. The molecule has 0 saturated heterocycles. The van der Waals surface area contributed by atoms with Gasteiger partial charge in [0.1, 0.15) is 0 Å². The van der Waals surface area contributed by atoms with Crippen LogP contribution in [0.2, 0.25) is 0 Å². The molecule has 0 heterocycles. The first kappa shape index (κ1) is 18.1. The Balaban J connectivity index is 0. The van der Waals surface area contributed by atoms with Crippen LogP contribution in [0.1, 0.15) is 71.1 Å². The van der Waals surface area contributed by atoms with E-state index in [4.69, 9.17) is 5.11 Å². The molecule has 0 atom stereocenters. The third-order valence-corrected chi connectivity index (χ3v) is 2.49. The summed E-state index contributed by atoms with van der Waals surface area (Å²) in [6, 6.07) is 0.